The van der Waals surface area contributed by atoms with Crippen LogP contribution < -0.4 is 45.8 Å². The number of H-pyrrole nitrogens is 1. The van der Waals surface area contributed by atoms with Gasteiger partial charge in [0.05, 0.1) is 65.1 Å². The van der Waals surface area contributed by atoms with Gasteiger partial charge in [0.25, 0.3) is 0 Å². The maximum atomic E-state index is 15.1. The van der Waals surface area contributed by atoms with E-state index in [0.717, 1.165) is 107 Å². The number of ether oxygens (including phenoxy) is 6. The predicted octanol–water partition coefficient (Wildman–Crippen LogP) is 21.3. The van der Waals surface area contributed by atoms with Gasteiger partial charge in [-0.25, -0.2) is 38.8 Å². The normalized spacial score (nSPS) is 12.8. The van der Waals surface area contributed by atoms with E-state index in [0.29, 0.717) is 69.8 Å². The third-order valence-electron chi connectivity index (χ3n) is 15.1. The largest absolute Gasteiger partial charge is 0.483 e. The number of aromatic nitrogens is 5. The van der Waals surface area contributed by atoms with E-state index in [9.17, 15) is 92.6 Å². The van der Waals surface area contributed by atoms with Crippen LogP contribution in [0.25, 0.3) is 43.1 Å². The molecule has 19 nitrogen and oxygen atoms in total. The number of aromatic amines is 1. The van der Waals surface area contributed by atoms with Gasteiger partial charge < -0.3 is 44.6 Å². The molecule has 3 unspecified atom stereocenters. The number of oxime groups is 1. The standard InChI is InChI=1S/C24H18F7N3O4S.C23H20F7N3O3S.C23H17F7N2O2S.ClH.H3NO/c1-3-16(19-11(2)32-21(39-19)12-4-6-13(7-5-12)24(29,30)31)37-18-9-17(36-10-23(26,27)28)14(8-15(18)25)20-33-22(35)38-34-20;1-3-16(19-11(2)32-21(37-19)12-4-6-13(7-5-12)23(28,29)30)36-18-9-17(35-10-22(25,26)27)14(8-15(18)24)20(31)33-34;1-3-17(34-19-9-18(33-11-22(25,26)27)14(10-31)8-16(19)24)20-12(2)32-21(35-20)13-4-6-15(7-5-13)23(28,29)30;;1-2/h4-9,16H,3,10H2,1-2H3,(H,33,34,35);4-9,16,34H,3,10H2,1-2H3,(H2,31,33);4-9,17H,3,11H2,1-2H3;1H;2H,1H2. The first-order chi connectivity index (χ1) is 52.8. The summed E-state index contributed by atoms with van der Waals surface area (Å²) < 4.78 is 310. The summed E-state index contributed by atoms with van der Waals surface area (Å²) in [5.41, 5.74) is 4.64. The number of amidine groups is 1. The van der Waals surface area contributed by atoms with Crippen LogP contribution in [-0.2, 0) is 18.5 Å². The first-order valence-corrected chi connectivity index (χ1v) is 34.5. The summed E-state index contributed by atoms with van der Waals surface area (Å²) in [5.74, 6) is -4.31. The molecule has 4 aromatic heterocycles. The van der Waals surface area contributed by atoms with E-state index in [-0.39, 0.29) is 36.6 Å². The fourth-order valence-electron chi connectivity index (χ4n) is 9.91. The smallest absolute Gasteiger partial charge is 0.439 e. The van der Waals surface area contributed by atoms with E-state index in [4.69, 9.17) is 45.1 Å². The summed E-state index contributed by atoms with van der Waals surface area (Å²) in [6.07, 6.45) is -29.0. The fourth-order valence-corrected chi connectivity index (χ4v) is 13.5. The molecule has 7 N–H and O–H groups in total. The minimum absolute atomic E-state index is 0. The molecule has 114 heavy (non-hydrogen) atoms. The summed E-state index contributed by atoms with van der Waals surface area (Å²) in [6.45, 7) is 4.99. The molecule has 10 aromatic rings. The maximum absolute atomic E-state index is 15.1. The number of nitrogens with one attached hydrogen (secondary N) is 1. The van der Waals surface area contributed by atoms with E-state index in [1.165, 1.54) is 36.4 Å². The molecule has 10 rings (SSSR count). The molecule has 0 aliphatic heterocycles. The van der Waals surface area contributed by atoms with Crippen molar-refractivity contribution in [3.8, 4) is 83.7 Å². The van der Waals surface area contributed by atoms with E-state index >= 15 is 4.39 Å². The Labute approximate surface area is 648 Å². The second kappa shape index (κ2) is 38.5. The van der Waals surface area contributed by atoms with E-state index in [1.54, 1.807) is 47.6 Å². The van der Waals surface area contributed by atoms with Crippen LogP contribution in [-0.4, -0.2) is 79.7 Å². The number of rotatable bonds is 23. The van der Waals surface area contributed by atoms with Crippen molar-refractivity contribution < 1.29 is 136 Å². The monoisotopic (exact) mass is 1720 g/mol. The first-order valence-electron chi connectivity index (χ1n) is 32.0. The van der Waals surface area contributed by atoms with E-state index in [1.807, 2.05) is 0 Å². The van der Waals surface area contributed by atoms with Gasteiger partial charge in [-0.2, -0.15) is 84.3 Å². The lowest BCUT2D eigenvalue weighted by Crippen LogP contribution is -2.22. The van der Waals surface area contributed by atoms with Crippen molar-refractivity contribution in [2.24, 2.45) is 16.8 Å². The number of nitrogens with zero attached hydrogens (tertiary/aromatic N) is 6. The lowest BCUT2D eigenvalue weighted by atomic mass is 10.1. The average molecular weight is 1720 g/mol. The van der Waals surface area contributed by atoms with Gasteiger partial charge in [0.1, 0.15) is 56.7 Å². The molecule has 0 spiro atoms. The highest BCUT2D eigenvalue weighted by Gasteiger charge is 2.36. The van der Waals surface area contributed by atoms with Crippen LogP contribution >= 0.6 is 46.4 Å². The summed E-state index contributed by atoms with van der Waals surface area (Å²) in [4.78, 5) is 28.2. The van der Waals surface area contributed by atoms with Gasteiger partial charge in [-0.1, -0.05) is 67.5 Å². The zero-order chi connectivity index (χ0) is 84.0. The van der Waals surface area contributed by atoms with Gasteiger partial charge in [0, 0.05) is 34.9 Å². The second-order valence-electron chi connectivity index (χ2n) is 23.3. The Hall–Kier alpha value is -10.6. The number of aryl methyl sites for hydroxylation is 3. The van der Waals surface area contributed by atoms with Crippen LogP contribution in [0, 0.1) is 49.6 Å². The van der Waals surface area contributed by atoms with Gasteiger partial charge in [-0.15, -0.1) is 46.4 Å². The van der Waals surface area contributed by atoms with Gasteiger partial charge in [-0.3, -0.25) is 9.51 Å². The van der Waals surface area contributed by atoms with Crippen LogP contribution in [0.4, 0.5) is 92.2 Å². The number of hydrogen-bond donors (Lipinski definition) is 5. The van der Waals surface area contributed by atoms with Crippen molar-refractivity contribution >= 4 is 52.3 Å². The summed E-state index contributed by atoms with van der Waals surface area (Å²) in [5, 5.41) is 31.7. The second-order valence-corrected chi connectivity index (χ2v) is 26.4. The maximum Gasteiger partial charge on any atom is 0.439 e. The van der Waals surface area contributed by atoms with Gasteiger partial charge >= 0.3 is 42.8 Å². The number of halogens is 22. The number of hydrogen-bond acceptors (Lipinski definition) is 20. The molecule has 0 saturated carbocycles. The molecule has 0 radical (unpaired) electrons. The molecule has 0 saturated heterocycles. The zero-order valence-corrected chi connectivity index (χ0v) is 62.2. The van der Waals surface area contributed by atoms with E-state index < -0.39 is 167 Å². The molecule has 0 amide bonds. The molecule has 0 aliphatic carbocycles. The number of thiazole rings is 3. The molecular weight excluding hydrogens is 1660 g/mol. The number of nitrogens with two attached hydrogens (primary N) is 2. The molecule has 0 aliphatic rings. The van der Waals surface area contributed by atoms with Crippen molar-refractivity contribution in [1.82, 2.24) is 25.1 Å². The SMILES string of the molecule is CCC(Oc1cc(OCC(F)(F)F)c(-c2noc(=O)[nH]2)cc1F)c1sc(-c2ccc(C(F)(F)F)cc2)nc1C.CCC(Oc1cc(OCC(F)(F)F)c(C#N)cc1F)c1sc(-c2ccc(C(F)(F)F)cc2)nc1C.CCC(Oc1cc(OCC(F)(F)F)c(C(N)=NO)cc1F)c1sc(-c2ccc(C(F)(F)F)cc2)nc1C.Cl.NO. The Morgan fingerprint density at radius 1 is 0.509 bits per heavy atom. The summed E-state index contributed by atoms with van der Waals surface area (Å²) in [7, 11) is 0. The van der Waals surface area contributed by atoms with Crippen LogP contribution in [0.3, 0.4) is 0 Å². The van der Waals surface area contributed by atoms with Crippen molar-refractivity contribution in [3.63, 3.8) is 0 Å². The first kappa shape index (κ1) is 92.3. The Bertz CT molecular complexity index is 5000. The van der Waals surface area contributed by atoms with Gasteiger partial charge in [-0.05, 0) is 94.6 Å². The Morgan fingerprint density at radius 3 is 1.13 bits per heavy atom. The third-order valence-corrected chi connectivity index (χ3v) is 19.0. The summed E-state index contributed by atoms with van der Waals surface area (Å²) in [6, 6.07) is 19.8. The molecule has 4 heterocycles. The minimum Gasteiger partial charge on any atom is -0.483 e. The van der Waals surface area contributed by atoms with Gasteiger partial charge in [0.15, 0.2) is 66.2 Å². The van der Waals surface area contributed by atoms with Crippen LogP contribution in [0.1, 0.15) is 118 Å². The molecule has 0 bridgehead atoms. The quantitative estimate of drug-likeness (QED) is 0.0131. The number of alkyl halides is 18. The number of benzene rings is 6. The summed E-state index contributed by atoms with van der Waals surface area (Å²) >= 11 is 3.38. The topological polar surface area (TPSA) is 282 Å². The highest BCUT2D eigenvalue weighted by molar-refractivity contribution is 7.16. The van der Waals surface area contributed by atoms with Crippen LogP contribution in [0.2, 0.25) is 0 Å². The molecule has 0 fully saturated rings. The molecule has 44 heteroatoms. The molecule has 3 atom stereocenters. The lowest BCUT2D eigenvalue weighted by Gasteiger charge is -2.19. The molecular formula is C70H59ClF21N9O10S3. The minimum atomic E-state index is -4.72. The highest BCUT2D eigenvalue weighted by atomic mass is 35.5. The molecule has 6 aromatic carbocycles. The van der Waals surface area contributed by atoms with Crippen LogP contribution in [0.5, 0.6) is 34.5 Å². The van der Waals surface area contributed by atoms with E-state index in [2.05, 4.69) is 45.4 Å². The lowest BCUT2D eigenvalue weighted by molar-refractivity contribution is -0.154. The Morgan fingerprint density at radius 2 is 0.825 bits per heavy atom. The van der Waals surface area contributed by atoms with Crippen molar-refractivity contribution in [1.29, 1.82) is 5.26 Å². The van der Waals surface area contributed by atoms with Crippen molar-refractivity contribution in [3.05, 3.63) is 197 Å². The van der Waals surface area contributed by atoms with Crippen molar-refractivity contribution in [2.45, 2.75) is 116 Å². The fraction of sp³-hybridized carbons (Fsp3) is 0.300. The highest BCUT2D eigenvalue weighted by Crippen LogP contribution is 2.45. The molecule has 616 valence electrons. The zero-order valence-electron chi connectivity index (χ0n) is 58.9. The van der Waals surface area contributed by atoms with Crippen molar-refractivity contribution in [2.75, 3.05) is 19.8 Å². The predicted molar refractivity (Wildman–Crippen MR) is 373 cm³/mol. The average Bonchev–Trinajstić information content (AvgIpc) is 1.61. The third kappa shape index (κ3) is 25.0. The van der Waals surface area contributed by atoms with Gasteiger partial charge in [0.2, 0.25) is 0 Å². The number of nitriles is 1. The Balaban J connectivity index is 0.000000262. The Kier molecular flexibility index (Phi) is 31.2. The van der Waals surface area contributed by atoms with Crippen LogP contribution in [0.15, 0.2) is 124 Å².